The van der Waals surface area contributed by atoms with E-state index in [2.05, 4.69) is 0 Å². The summed E-state index contributed by atoms with van der Waals surface area (Å²) < 4.78 is 17.0. The van der Waals surface area contributed by atoms with E-state index < -0.39 is 17.5 Å². The SMILES string of the molecule is CC(C)(C)OC(=O)N1CC=C([C@H]2CC(=O)[C@@H]3OC(C)(C)O[C@H]23)C1. The highest BCUT2D eigenvalue weighted by Gasteiger charge is 2.54. The van der Waals surface area contributed by atoms with Gasteiger partial charge in [0.25, 0.3) is 0 Å². The quantitative estimate of drug-likeness (QED) is 0.693. The lowest BCUT2D eigenvalue weighted by molar-refractivity contribution is -0.161. The van der Waals surface area contributed by atoms with E-state index in [0.717, 1.165) is 5.57 Å². The summed E-state index contributed by atoms with van der Waals surface area (Å²) in [5.74, 6) is -0.655. The largest absolute Gasteiger partial charge is 0.444 e. The molecule has 0 spiro atoms. The molecule has 2 aliphatic heterocycles. The van der Waals surface area contributed by atoms with Gasteiger partial charge in [-0.1, -0.05) is 6.08 Å². The zero-order chi connectivity index (χ0) is 17.0. The van der Waals surface area contributed by atoms with Gasteiger partial charge in [0, 0.05) is 25.4 Å². The van der Waals surface area contributed by atoms with Crippen molar-refractivity contribution < 1.29 is 23.8 Å². The fraction of sp³-hybridized carbons (Fsp3) is 0.765. The van der Waals surface area contributed by atoms with E-state index in [4.69, 9.17) is 14.2 Å². The minimum absolute atomic E-state index is 0.0123. The van der Waals surface area contributed by atoms with E-state index in [-0.39, 0.29) is 23.9 Å². The van der Waals surface area contributed by atoms with Crippen molar-refractivity contribution >= 4 is 11.9 Å². The van der Waals surface area contributed by atoms with Crippen molar-refractivity contribution in [3.8, 4) is 0 Å². The first-order valence-electron chi connectivity index (χ1n) is 8.11. The van der Waals surface area contributed by atoms with E-state index >= 15 is 0 Å². The molecular formula is C17H25NO5. The second kappa shape index (κ2) is 5.31. The van der Waals surface area contributed by atoms with E-state index in [1.54, 1.807) is 4.90 Å². The molecule has 6 heteroatoms. The Hall–Kier alpha value is -1.40. The molecule has 3 rings (SSSR count). The molecule has 2 heterocycles. The Morgan fingerprint density at radius 2 is 2.04 bits per heavy atom. The maximum atomic E-state index is 12.2. The third-order valence-corrected chi connectivity index (χ3v) is 4.34. The van der Waals surface area contributed by atoms with Gasteiger partial charge in [-0.05, 0) is 40.2 Å². The van der Waals surface area contributed by atoms with Gasteiger partial charge in [0.2, 0.25) is 0 Å². The molecule has 0 aromatic heterocycles. The number of Topliss-reactive ketones (excluding diaryl/α,β-unsaturated/α-hetero) is 1. The van der Waals surface area contributed by atoms with Gasteiger partial charge >= 0.3 is 6.09 Å². The predicted molar refractivity (Wildman–Crippen MR) is 82.8 cm³/mol. The normalized spacial score (nSPS) is 32.9. The number of carbonyl (C=O) groups excluding carboxylic acids is 2. The van der Waals surface area contributed by atoms with Crippen LogP contribution in [0.5, 0.6) is 0 Å². The molecule has 0 aromatic carbocycles. The van der Waals surface area contributed by atoms with Gasteiger partial charge in [-0.2, -0.15) is 0 Å². The minimum Gasteiger partial charge on any atom is -0.444 e. The number of fused-ring (bicyclic) bond motifs is 1. The zero-order valence-electron chi connectivity index (χ0n) is 14.4. The van der Waals surface area contributed by atoms with Crippen LogP contribution >= 0.6 is 0 Å². The molecule has 1 amide bonds. The van der Waals surface area contributed by atoms with E-state index in [9.17, 15) is 9.59 Å². The Bertz CT molecular complexity index is 560. The Labute approximate surface area is 136 Å². The molecule has 2 fully saturated rings. The summed E-state index contributed by atoms with van der Waals surface area (Å²) in [5, 5.41) is 0. The molecule has 0 N–H and O–H groups in total. The van der Waals surface area contributed by atoms with Crippen molar-refractivity contribution in [2.75, 3.05) is 13.1 Å². The molecule has 0 aromatic rings. The molecule has 6 nitrogen and oxygen atoms in total. The van der Waals surface area contributed by atoms with Crippen LogP contribution in [0.4, 0.5) is 4.79 Å². The number of carbonyl (C=O) groups is 2. The number of amides is 1. The Kier molecular flexibility index (Phi) is 3.80. The number of ketones is 1. The van der Waals surface area contributed by atoms with Gasteiger partial charge in [-0.15, -0.1) is 0 Å². The summed E-state index contributed by atoms with van der Waals surface area (Å²) in [4.78, 5) is 26.0. The maximum absolute atomic E-state index is 12.2. The molecule has 1 saturated heterocycles. The van der Waals surface area contributed by atoms with Crippen LogP contribution < -0.4 is 0 Å². The Morgan fingerprint density at radius 3 is 2.70 bits per heavy atom. The van der Waals surface area contributed by atoms with Crippen LogP contribution in [0.1, 0.15) is 41.0 Å². The smallest absolute Gasteiger partial charge is 0.410 e. The topological polar surface area (TPSA) is 65.1 Å². The molecule has 1 aliphatic carbocycles. The highest BCUT2D eigenvalue weighted by Crippen LogP contribution is 2.43. The van der Waals surface area contributed by atoms with Gasteiger partial charge in [-0.3, -0.25) is 4.79 Å². The second-order valence-corrected chi connectivity index (χ2v) is 7.94. The Balaban J connectivity index is 1.66. The monoisotopic (exact) mass is 323 g/mol. The van der Waals surface area contributed by atoms with Crippen molar-refractivity contribution in [1.29, 1.82) is 0 Å². The van der Waals surface area contributed by atoms with Crippen molar-refractivity contribution in [2.45, 2.75) is 64.6 Å². The number of rotatable bonds is 1. The third kappa shape index (κ3) is 3.28. The molecule has 1 saturated carbocycles. The molecule has 3 atom stereocenters. The van der Waals surface area contributed by atoms with Gasteiger partial charge in [0.15, 0.2) is 11.6 Å². The fourth-order valence-corrected chi connectivity index (χ4v) is 3.43. The van der Waals surface area contributed by atoms with Crippen LogP contribution in [-0.4, -0.2) is 53.5 Å². The van der Waals surface area contributed by atoms with E-state index in [1.165, 1.54) is 0 Å². The summed E-state index contributed by atoms with van der Waals surface area (Å²) in [6.07, 6.45) is 1.38. The van der Waals surface area contributed by atoms with Crippen molar-refractivity contribution in [3.63, 3.8) is 0 Å². The second-order valence-electron chi connectivity index (χ2n) is 7.94. The molecule has 0 radical (unpaired) electrons. The number of ether oxygens (including phenoxy) is 3. The number of hydrogen-bond acceptors (Lipinski definition) is 5. The first-order chi connectivity index (χ1) is 10.6. The molecule has 0 bridgehead atoms. The highest BCUT2D eigenvalue weighted by molar-refractivity contribution is 5.87. The van der Waals surface area contributed by atoms with Crippen LogP contribution in [0.3, 0.4) is 0 Å². The van der Waals surface area contributed by atoms with Gasteiger partial charge < -0.3 is 19.1 Å². The molecule has 23 heavy (non-hydrogen) atoms. The summed E-state index contributed by atoms with van der Waals surface area (Å²) in [6, 6.07) is 0. The summed E-state index contributed by atoms with van der Waals surface area (Å²) >= 11 is 0. The first kappa shape index (κ1) is 16.5. The molecular weight excluding hydrogens is 298 g/mol. The Morgan fingerprint density at radius 1 is 1.35 bits per heavy atom. The lowest BCUT2D eigenvalue weighted by Gasteiger charge is -2.26. The highest BCUT2D eigenvalue weighted by atomic mass is 16.8. The summed E-state index contributed by atoms with van der Waals surface area (Å²) in [5.41, 5.74) is 0.554. The van der Waals surface area contributed by atoms with Crippen LogP contribution in [0, 0.1) is 5.92 Å². The molecule has 128 valence electrons. The van der Waals surface area contributed by atoms with Crippen molar-refractivity contribution in [2.24, 2.45) is 5.92 Å². The number of hydrogen-bond donors (Lipinski definition) is 0. The van der Waals surface area contributed by atoms with Gasteiger partial charge in [0.1, 0.15) is 17.8 Å². The average Bonchev–Trinajstić information content (AvgIpc) is 3.03. The van der Waals surface area contributed by atoms with E-state index in [0.29, 0.717) is 19.5 Å². The van der Waals surface area contributed by atoms with Crippen LogP contribution in [0.25, 0.3) is 0 Å². The lowest BCUT2D eigenvalue weighted by atomic mass is 9.96. The lowest BCUT2D eigenvalue weighted by Crippen LogP contribution is -2.36. The maximum Gasteiger partial charge on any atom is 0.410 e. The molecule has 0 unspecified atom stereocenters. The average molecular weight is 323 g/mol. The zero-order valence-corrected chi connectivity index (χ0v) is 14.4. The van der Waals surface area contributed by atoms with E-state index in [1.807, 2.05) is 40.7 Å². The van der Waals surface area contributed by atoms with Gasteiger partial charge in [-0.25, -0.2) is 4.79 Å². The van der Waals surface area contributed by atoms with Crippen LogP contribution in [0.15, 0.2) is 11.6 Å². The first-order valence-corrected chi connectivity index (χ1v) is 8.11. The van der Waals surface area contributed by atoms with Gasteiger partial charge in [0.05, 0.1) is 0 Å². The van der Waals surface area contributed by atoms with Crippen molar-refractivity contribution in [3.05, 3.63) is 11.6 Å². The van der Waals surface area contributed by atoms with Crippen molar-refractivity contribution in [1.82, 2.24) is 4.90 Å². The molecule has 3 aliphatic rings. The summed E-state index contributed by atoms with van der Waals surface area (Å²) in [7, 11) is 0. The summed E-state index contributed by atoms with van der Waals surface area (Å²) in [6.45, 7) is 10.2. The predicted octanol–water partition coefficient (Wildman–Crippen LogP) is 2.27. The fourth-order valence-electron chi connectivity index (χ4n) is 3.43. The van der Waals surface area contributed by atoms with Crippen LogP contribution in [0.2, 0.25) is 0 Å². The van der Waals surface area contributed by atoms with Crippen LogP contribution in [-0.2, 0) is 19.0 Å². The minimum atomic E-state index is -0.728. The third-order valence-electron chi connectivity index (χ3n) is 4.34. The standard InChI is InChI=1S/C17H25NO5/c1-16(2,3)23-15(20)18-7-6-10(9-18)11-8-12(19)14-13(11)21-17(4,5)22-14/h6,11,13-14H,7-9H2,1-5H3/t11-,13-,14+/m1/s1. The number of nitrogens with zero attached hydrogens (tertiary/aromatic N) is 1.